The number of aromatic amines is 1. The molecule has 1 atom stereocenters. The lowest BCUT2D eigenvalue weighted by atomic mass is 9.94. The van der Waals surface area contributed by atoms with E-state index in [1.54, 1.807) is 12.3 Å². The summed E-state index contributed by atoms with van der Waals surface area (Å²) in [7, 11) is 0. The number of rotatable bonds is 3. The Hall–Kier alpha value is -1.88. The van der Waals surface area contributed by atoms with Crippen LogP contribution in [0.3, 0.4) is 0 Å². The van der Waals surface area contributed by atoms with Crippen molar-refractivity contribution < 1.29 is 14.3 Å². The van der Waals surface area contributed by atoms with Gasteiger partial charge in [-0.1, -0.05) is 0 Å². The minimum Gasteiger partial charge on any atom is -0.480 e. The topological polar surface area (TPSA) is 79.1 Å². The number of carboxylic acids is 1. The van der Waals surface area contributed by atoms with Crippen molar-refractivity contribution in [3.8, 4) is 0 Å². The monoisotopic (exact) mass is 236 g/mol. The lowest BCUT2D eigenvalue weighted by molar-refractivity contribution is -0.142. The van der Waals surface area contributed by atoms with Crippen LogP contribution in [0.1, 0.15) is 12.5 Å². The van der Waals surface area contributed by atoms with Crippen molar-refractivity contribution in [2.75, 3.05) is 0 Å². The summed E-state index contributed by atoms with van der Waals surface area (Å²) in [5, 5.41) is 9.63. The van der Waals surface area contributed by atoms with E-state index in [9.17, 15) is 9.18 Å². The Labute approximate surface area is 97.2 Å². The number of halogens is 1. The van der Waals surface area contributed by atoms with Gasteiger partial charge in [0.25, 0.3) is 0 Å². The quantitative estimate of drug-likeness (QED) is 0.758. The highest BCUT2D eigenvalue weighted by atomic mass is 19.1. The van der Waals surface area contributed by atoms with Gasteiger partial charge in [0.15, 0.2) is 0 Å². The molecule has 0 amide bonds. The second kappa shape index (κ2) is 3.85. The molecule has 0 aliphatic carbocycles. The van der Waals surface area contributed by atoms with Crippen LogP contribution < -0.4 is 5.73 Å². The van der Waals surface area contributed by atoms with E-state index in [1.165, 1.54) is 19.1 Å². The molecule has 0 saturated heterocycles. The summed E-state index contributed by atoms with van der Waals surface area (Å²) in [5.41, 5.74) is 5.78. The molecule has 0 aliphatic rings. The Balaban J connectivity index is 2.43. The summed E-state index contributed by atoms with van der Waals surface area (Å²) in [6, 6.07) is 4.34. The summed E-state index contributed by atoms with van der Waals surface area (Å²) in [6.07, 6.45) is 1.81. The summed E-state index contributed by atoms with van der Waals surface area (Å²) in [4.78, 5) is 13.9. The smallest absolute Gasteiger partial charge is 0.323 e. The Kier molecular flexibility index (Phi) is 2.63. The number of carbonyl (C=O) groups is 1. The predicted octanol–water partition coefficient (Wildman–Crippen LogP) is 1.65. The van der Waals surface area contributed by atoms with Crippen molar-refractivity contribution in [2.24, 2.45) is 5.73 Å². The van der Waals surface area contributed by atoms with Gasteiger partial charge in [-0.15, -0.1) is 0 Å². The highest BCUT2D eigenvalue weighted by Gasteiger charge is 2.29. The maximum atomic E-state index is 13.1. The molecule has 17 heavy (non-hydrogen) atoms. The van der Waals surface area contributed by atoms with Gasteiger partial charge in [0.05, 0.1) is 0 Å². The number of nitrogens with two attached hydrogens (primary N) is 1. The van der Waals surface area contributed by atoms with Crippen LogP contribution in [0.15, 0.2) is 24.4 Å². The number of carboxylic acid groups (broad SMARTS) is 1. The average Bonchev–Trinajstić information content (AvgIpc) is 2.60. The summed E-state index contributed by atoms with van der Waals surface area (Å²) in [5.74, 6) is -1.43. The van der Waals surface area contributed by atoms with Crippen LogP contribution in [0, 0.1) is 5.82 Å². The number of hydrogen-bond donors (Lipinski definition) is 3. The van der Waals surface area contributed by atoms with Gasteiger partial charge in [0.2, 0.25) is 0 Å². The first-order chi connectivity index (χ1) is 7.90. The van der Waals surface area contributed by atoms with Crippen LogP contribution in [-0.2, 0) is 11.2 Å². The van der Waals surface area contributed by atoms with Crippen LogP contribution in [0.25, 0.3) is 10.9 Å². The van der Waals surface area contributed by atoms with Gasteiger partial charge in [0.1, 0.15) is 11.4 Å². The molecule has 1 aromatic heterocycles. The van der Waals surface area contributed by atoms with E-state index in [1.807, 2.05) is 0 Å². The molecule has 0 fully saturated rings. The molecule has 4 nitrogen and oxygen atoms in total. The van der Waals surface area contributed by atoms with E-state index in [-0.39, 0.29) is 12.2 Å². The van der Waals surface area contributed by atoms with E-state index in [4.69, 9.17) is 10.8 Å². The zero-order valence-corrected chi connectivity index (χ0v) is 9.33. The van der Waals surface area contributed by atoms with Gasteiger partial charge in [-0.25, -0.2) is 4.39 Å². The fourth-order valence-corrected chi connectivity index (χ4v) is 1.77. The van der Waals surface area contributed by atoms with Crippen molar-refractivity contribution in [1.82, 2.24) is 4.98 Å². The number of aromatic nitrogens is 1. The molecule has 0 radical (unpaired) electrons. The number of hydrogen-bond acceptors (Lipinski definition) is 2. The van der Waals surface area contributed by atoms with Crippen molar-refractivity contribution in [3.05, 3.63) is 35.8 Å². The van der Waals surface area contributed by atoms with Crippen molar-refractivity contribution in [2.45, 2.75) is 18.9 Å². The minimum atomic E-state index is -1.36. The molecule has 1 aromatic carbocycles. The summed E-state index contributed by atoms with van der Waals surface area (Å²) < 4.78 is 13.1. The Morgan fingerprint density at radius 1 is 1.59 bits per heavy atom. The molecule has 0 aliphatic heterocycles. The lowest BCUT2D eigenvalue weighted by Gasteiger charge is -2.18. The first-order valence-electron chi connectivity index (χ1n) is 5.18. The van der Waals surface area contributed by atoms with Gasteiger partial charge in [-0.2, -0.15) is 0 Å². The largest absolute Gasteiger partial charge is 0.480 e. The van der Waals surface area contributed by atoms with Gasteiger partial charge in [-0.05, 0) is 30.7 Å². The molecule has 1 unspecified atom stereocenters. The Morgan fingerprint density at radius 3 is 2.94 bits per heavy atom. The number of nitrogens with one attached hydrogen (secondary N) is 1. The molecule has 5 heteroatoms. The summed E-state index contributed by atoms with van der Waals surface area (Å²) >= 11 is 0. The Bertz CT molecular complexity index is 575. The predicted molar refractivity (Wildman–Crippen MR) is 62.2 cm³/mol. The van der Waals surface area contributed by atoms with Crippen LogP contribution in [0.5, 0.6) is 0 Å². The Morgan fingerprint density at radius 2 is 2.29 bits per heavy atom. The fourth-order valence-electron chi connectivity index (χ4n) is 1.77. The van der Waals surface area contributed by atoms with Crippen molar-refractivity contribution in [1.29, 1.82) is 0 Å². The minimum absolute atomic E-state index is 0.145. The SMILES string of the molecule is CC(N)(Cc1c[nH]c2ccc(F)cc12)C(=O)O. The third kappa shape index (κ3) is 2.14. The fraction of sp³-hybridized carbons (Fsp3) is 0.250. The first-order valence-corrected chi connectivity index (χ1v) is 5.18. The van der Waals surface area contributed by atoms with E-state index in [0.29, 0.717) is 10.9 Å². The van der Waals surface area contributed by atoms with Gasteiger partial charge < -0.3 is 15.8 Å². The second-order valence-corrected chi connectivity index (χ2v) is 4.40. The molecule has 0 saturated carbocycles. The number of fused-ring (bicyclic) bond motifs is 1. The van der Waals surface area contributed by atoms with E-state index in [2.05, 4.69) is 4.98 Å². The molecule has 2 aromatic rings. The third-order valence-corrected chi connectivity index (χ3v) is 2.78. The van der Waals surface area contributed by atoms with E-state index < -0.39 is 11.5 Å². The van der Waals surface area contributed by atoms with Crippen LogP contribution in [0.2, 0.25) is 0 Å². The average molecular weight is 236 g/mol. The normalized spacial score (nSPS) is 14.8. The highest BCUT2D eigenvalue weighted by molar-refractivity contribution is 5.85. The molecule has 1 heterocycles. The van der Waals surface area contributed by atoms with Gasteiger partial charge in [-0.3, -0.25) is 4.79 Å². The highest BCUT2D eigenvalue weighted by Crippen LogP contribution is 2.22. The first kappa shape index (κ1) is 11.6. The molecule has 4 N–H and O–H groups in total. The van der Waals surface area contributed by atoms with Crippen LogP contribution in [-0.4, -0.2) is 21.6 Å². The number of H-pyrrole nitrogens is 1. The molecule has 0 spiro atoms. The number of benzene rings is 1. The molecule has 2 rings (SSSR count). The summed E-state index contributed by atoms with van der Waals surface area (Å²) in [6.45, 7) is 1.44. The molecule has 0 bridgehead atoms. The van der Waals surface area contributed by atoms with Crippen molar-refractivity contribution in [3.63, 3.8) is 0 Å². The molecular weight excluding hydrogens is 223 g/mol. The molecule has 90 valence electrons. The van der Waals surface area contributed by atoms with Gasteiger partial charge in [0, 0.05) is 23.5 Å². The second-order valence-electron chi connectivity index (χ2n) is 4.40. The zero-order valence-electron chi connectivity index (χ0n) is 9.33. The van der Waals surface area contributed by atoms with E-state index in [0.717, 1.165) is 5.52 Å². The maximum Gasteiger partial charge on any atom is 0.323 e. The third-order valence-electron chi connectivity index (χ3n) is 2.78. The van der Waals surface area contributed by atoms with Crippen molar-refractivity contribution >= 4 is 16.9 Å². The molecular formula is C12H13FN2O2. The zero-order chi connectivity index (χ0) is 12.6. The van der Waals surface area contributed by atoms with Crippen LogP contribution >= 0.6 is 0 Å². The van der Waals surface area contributed by atoms with Gasteiger partial charge >= 0.3 is 5.97 Å². The van der Waals surface area contributed by atoms with Crippen LogP contribution in [0.4, 0.5) is 4.39 Å². The lowest BCUT2D eigenvalue weighted by Crippen LogP contribution is -2.46. The standard InChI is InChI=1S/C12H13FN2O2/c1-12(14,11(16)17)5-7-6-15-10-3-2-8(13)4-9(7)10/h2-4,6,15H,5,14H2,1H3,(H,16,17). The van der Waals surface area contributed by atoms with E-state index >= 15 is 0 Å². The maximum absolute atomic E-state index is 13.1. The number of aliphatic carboxylic acids is 1.